The van der Waals surface area contributed by atoms with Crippen LogP contribution < -0.4 is 10.2 Å². The summed E-state index contributed by atoms with van der Waals surface area (Å²) in [6.45, 7) is 15.8. The van der Waals surface area contributed by atoms with Gasteiger partial charge in [0.2, 0.25) is 10.0 Å². The first-order chi connectivity index (χ1) is 15.7. The first-order valence-electron chi connectivity index (χ1n) is 10.9. The summed E-state index contributed by atoms with van der Waals surface area (Å²) in [6, 6.07) is 5.30. The molecule has 3 rings (SSSR count). The number of sulfonamides is 1. The van der Waals surface area contributed by atoms with Crippen molar-refractivity contribution >= 4 is 27.4 Å². The summed E-state index contributed by atoms with van der Waals surface area (Å²) in [5.74, 6) is -0.0987. The summed E-state index contributed by atoms with van der Waals surface area (Å²) >= 11 is 6.04. The van der Waals surface area contributed by atoms with Crippen LogP contribution in [0, 0.1) is 19.7 Å². The van der Waals surface area contributed by atoms with Crippen LogP contribution in [0.2, 0.25) is 5.15 Å². The maximum absolute atomic E-state index is 15.3. The van der Waals surface area contributed by atoms with Gasteiger partial charge in [-0.2, -0.15) is 4.31 Å². The van der Waals surface area contributed by atoms with E-state index in [2.05, 4.69) is 23.5 Å². The Kier molecular flexibility index (Phi) is 7.18. The molecular weight excluding hydrogens is 475 g/mol. The number of rotatable bonds is 7. The first kappa shape index (κ1) is 26.2. The van der Waals surface area contributed by atoms with Gasteiger partial charge in [-0.25, -0.2) is 17.8 Å². The van der Waals surface area contributed by atoms with E-state index in [1.54, 1.807) is 25.1 Å². The second-order valence-electron chi connectivity index (χ2n) is 9.36. The normalized spacial score (nSPS) is 16.6. The number of benzene rings is 1. The second-order valence-corrected chi connectivity index (χ2v) is 11.6. The monoisotopic (exact) mass is 506 g/mol. The molecule has 0 radical (unpaired) electrons. The fourth-order valence-corrected chi connectivity index (χ4v) is 6.91. The molecule has 1 N–H and O–H groups in total. The Balaban J connectivity index is 2.26. The number of anilines is 1. The van der Waals surface area contributed by atoms with Gasteiger partial charge in [0.1, 0.15) is 15.9 Å². The van der Waals surface area contributed by atoms with Crippen molar-refractivity contribution in [1.29, 1.82) is 0 Å². The topological polar surface area (TPSA) is 65.5 Å². The zero-order valence-corrected chi connectivity index (χ0v) is 22.1. The van der Waals surface area contributed by atoms with E-state index >= 15 is 4.39 Å². The lowest BCUT2D eigenvalue weighted by molar-refractivity contribution is 0.244. The summed E-state index contributed by atoms with van der Waals surface area (Å²) in [4.78, 5) is 6.01. The van der Waals surface area contributed by atoms with Crippen molar-refractivity contribution in [2.75, 3.05) is 25.7 Å². The number of hydrogen-bond acceptors (Lipinski definition) is 5. The third kappa shape index (κ3) is 4.46. The highest BCUT2D eigenvalue weighted by molar-refractivity contribution is 7.89. The van der Waals surface area contributed by atoms with E-state index in [0.717, 1.165) is 11.1 Å². The number of hydrogen-bond donors (Lipinski definition) is 1. The Morgan fingerprint density at radius 2 is 1.91 bits per heavy atom. The van der Waals surface area contributed by atoms with Crippen LogP contribution in [0.3, 0.4) is 0 Å². The number of allylic oxidation sites excluding steroid dienone is 1. The summed E-state index contributed by atoms with van der Waals surface area (Å²) in [6.07, 6.45) is 0.332. The van der Waals surface area contributed by atoms with E-state index in [1.807, 2.05) is 27.7 Å². The van der Waals surface area contributed by atoms with Crippen molar-refractivity contribution in [1.82, 2.24) is 14.6 Å². The number of pyridine rings is 1. The fraction of sp³-hybridized carbons (Fsp3) is 0.400. The molecule has 0 fully saturated rings. The van der Waals surface area contributed by atoms with Crippen LogP contribution in [0.5, 0.6) is 0 Å². The van der Waals surface area contributed by atoms with E-state index in [4.69, 9.17) is 11.6 Å². The van der Waals surface area contributed by atoms with Gasteiger partial charge in [-0.3, -0.25) is 0 Å². The number of aryl methyl sites for hydroxylation is 1. The molecular formula is C25H32ClFN4O2S. The molecule has 9 heteroatoms. The molecule has 0 bridgehead atoms. The maximum atomic E-state index is 15.3. The predicted molar refractivity (Wildman–Crippen MR) is 136 cm³/mol. The third-order valence-corrected chi connectivity index (χ3v) is 8.62. The number of aromatic nitrogens is 1. The van der Waals surface area contributed by atoms with Crippen LogP contribution in [-0.2, 0) is 15.4 Å². The zero-order chi connectivity index (χ0) is 25.6. The van der Waals surface area contributed by atoms with Crippen LogP contribution in [0.15, 0.2) is 53.6 Å². The molecule has 0 saturated heterocycles. The minimum absolute atomic E-state index is 0.00824. The molecule has 6 nitrogen and oxygen atoms in total. The highest BCUT2D eigenvalue weighted by Gasteiger charge is 2.48. The third-order valence-electron chi connectivity index (χ3n) is 6.59. The maximum Gasteiger partial charge on any atom is 0.248 e. The molecule has 0 saturated carbocycles. The summed E-state index contributed by atoms with van der Waals surface area (Å²) in [7, 11) is -0.510. The number of halogens is 2. The standard InChI is InChI=1S/C25H32ClFN4O2S/c1-15-9-10-19(27)22(18(15)4)25(5,6)23(16(2)13-17(3)28-7)31-14-30(8)24-20(34(31,32)33)11-12-21(26)29-24/h9-12,23,28H,2-3,13-14H2,1,4-8H3. The predicted octanol–water partition coefficient (Wildman–Crippen LogP) is 4.91. The van der Waals surface area contributed by atoms with Gasteiger partial charge in [0.05, 0.1) is 12.7 Å². The smallest absolute Gasteiger partial charge is 0.248 e. The van der Waals surface area contributed by atoms with Crippen molar-refractivity contribution in [3.63, 3.8) is 0 Å². The molecule has 1 unspecified atom stereocenters. The summed E-state index contributed by atoms with van der Waals surface area (Å²) in [5, 5.41) is 3.20. The first-order valence-corrected chi connectivity index (χ1v) is 12.7. The van der Waals surface area contributed by atoms with Gasteiger partial charge in [-0.1, -0.05) is 50.2 Å². The number of nitrogens with one attached hydrogen (secondary N) is 1. The van der Waals surface area contributed by atoms with E-state index < -0.39 is 21.5 Å². The second kappa shape index (κ2) is 9.32. The quantitative estimate of drug-likeness (QED) is 0.427. The van der Waals surface area contributed by atoms with Gasteiger partial charge in [-0.05, 0) is 48.7 Å². The molecule has 0 aliphatic carbocycles. The SMILES string of the molecule is C=C(CC(=C)C(N1CN(C)c2nc(Cl)ccc2S1(=O)=O)C(C)(C)c1c(F)ccc(C)c1C)NC. The average molecular weight is 507 g/mol. The number of nitrogens with zero attached hydrogens (tertiary/aromatic N) is 3. The van der Waals surface area contributed by atoms with Gasteiger partial charge >= 0.3 is 0 Å². The average Bonchev–Trinajstić information content (AvgIpc) is 2.74. The Morgan fingerprint density at radius 1 is 1.26 bits per heavy atom. The lowest BCUT2D eigenvalue weighted by Gasteiger charge is -2.47. The highest BCUT2D eigenvalue weighted by Crippen LogP contribution is 2.43. The van der Waals surface area contributed by atoms with Gasteiger partial charge < -0.3 is 10.2 Å². The van der Waals surface area contributed by atoms with Gasteiger partial charge in [0.25, 0.3) is 0 Å². The van der Waals surface area contributed by atoms with Crippen molar-refractivity contribution in [2.45, 2.75) is 50.5 Å². The van der Waals surface area contributed by atoms with E-state index in [-0.39, 0.29) is 28.4 Å². The zero-order valence-electron chi connectivity index (χ0n) is 20.5. The minimum atomic E-state index is -4.01. The molecule has 1 aromatic heterocycles. The highest BCUT2D eigenvalue weighted by atomic mass is 35.5. The molecule has 34 heavy (non-hydrogen) atoms. The molecule has 2 aromatic rings. The Morgan fingerprint density at radius 3 is 2.53 bits per heavy atom. The summed E-state index contributed by atoms with van der Waals surface area (Å²) in [5.41, 5.74) is 2.50. The largest absolute Gasteiger partial charge is 0.392 e. The molecule has 0 spiro atoms. The van der Waals surface area contributed by atoms with Crippen LogP contribution in [0.4, 0.5) is 10.2 Å². The lowest BCUT2D eigenvalue weighted by atomic mass is 9.71. The Bertz CT molecular complexity index is 1260. The van der Waals surface area contributed by atoms with Crippen LogP contribution >= 0.6 is 11.6 Å². The van der Waals surface area contributed by atoms with Crippen LogP contribution in [0.1, 0.15) is 37.0 Å². The van der Waals surface area contributed by atoms with E-state index in [0.29, 0.717) is 23.3 Å². The van der Waals surface area contributed by atoms with Gasteiger partial charge in [0, 0.05) is 31.6 Å². The van der Waals surface area contributed by atoms with Crippen LogP contribution in [-0.4, -0.2) is 44.5 Å². The molecule has 1 aliphatic heterocycles. The molecule has 1 aromatic carbocycles. The fourth-order valence-electron chi connectivity index (χ4n) is 4.83. The lowest BCUT2D eigenvalue weighted by Crippen LogP contribution is -2.57. The van der Waals surface area contributed by atoms with Crippen LogP contribution in [0.25, 0.3) is 0 Å². The number of fused-ring (bicyclic) bond motifs is 1. The van der Waals surface area contributed by atoms with Crippen molar-refractivity contribution < 1.29 is 12.8 Å². The summed E-state index contributed by atoms with van der Waals surface area (Å²) < 4.78 is 44.6. The van der Waals surface area contributed by atoms with Gasteiger partial charge in [0.15, 0.2) is 5.82 Å². The van der Waals surface area contributed by atoms with Crippen molar-refractivity contribution in [2.24, 2.45) is 0 Å². The molecule has 2 heterocycles. The molecule has 1 atom stereocenters. The van der Waals surface area contributed by atoms with E-state index in [1.165, 1.54) is 22.5 Å². The van der Waals surface area contributed by atoms with E-state index in [9.17, 15) is 8.42 Å². The van der Waals surface area contributed by atoms with Crippen molar-refractivity contribution in [3.05, 3.63) is 76.4 Å². The van der Waals surface area contributed by atoms with Crippen molar-refractivity contribution in [3.8, 4) is 0 Å². The molecule has 184 valence electrons. The molecule has 0 amide bonds. The minimum Gasteiger partial charge on any atom is -0.392 e. The Labute approximate surface area is 207 Å². The van der Waals surface area contributed by atoms with Gasteiger partial charge in [-0.15, -0.1) is 0 Å². The Hall–Kier alpha value is -2.42. The molecule has 1 aliphatic rings.